The number of fused-ring (bicyclic) bond motifs is 2. The highest BCUT2D eigenvalue weighted by atomic mass is 32.1. The minimum absolute atomic E-state index is 0.260. The molecule has 2 aliphatic heterocycles. The summed E-state index contributed by atoms with van der Waals surface area (Å²) in [6, 6.07) is 9.77. The van der Waals surface area contributed by atoms with Crippen molar-refractivity contribution in [2.75, 3.05) is 19.8 Å². The zero-order chi connectivity index (χ0) is 20.6. The van der Waals surface area contributed by atoms with Crippen LogP contribution in [-0.4, -0.2) is 48.3 Å². The monoisotopic (exact) mass is 414 g/mol. The van der Waals surface area contributed by atoms with Crippen LogP contribution in [0.15, 0.2) is 36.4 Å². The Balaban J connectivity index is 1.44. The standard InChI is InChI=1S/C20H18N2O6S/c1-12-6-7-16(29-12)14(23)11-28-17(24)10-22-18(25)20(21-19(22)26)8-9-27-15-5-3-2-4-13(15)20/h2-7H,8-11H2,1H3,(H,21,26)/t20-/m1/s1. The fourth-order valence-corrected chi connectivity index (χ4v) is 4.28. The Bertz CT molecular complexity index is 1020. The van der Waals surface area contributed by atoms with Gasteiger partial charge >= 0.3 is 12.0 Å². The number of thiophene rings is 1. The Hall–Kier alpha value is -3.20. The van der Waals surface area contributed by atoms with Crippen molar-refractivity contribution in [1.29, 1.82) is 0 Å². The number of carbonyl (C=O) groups is 4. The molecule has 2 aromatic rings. The van der Waals surface area contributed by atoms with Gasteiger partial charge in [0.05, 0.1) is 11.5 Å². The number of hydrogen-bond donors (Lipinski definition) is 1. The smallest absolute Gasteiger partial charge is 0.326 e. The first-order valence-electron chi connectivity index (χ1n) is 9.02. The second kappa shape index (κ2) is 7.32. The van der Waals surface area contributed by atoms with Crippen LogP contribution in [0.5, 0.6) is 5.75 Å². The van der Waals surface area contributed by atoms with Gasteiger partial charge in [-0.3, -0.25) is 19.3 Å². The molecule has 1 fully saturated rings. The van der Waals surface area contributed by atoms with Crippen LogP contribution in [-0.2, 0) is 19.9 Å². The van der Waals surface area contributed by atoms with E-state index in [1.54, 1.807) is 36.4 Å². The number of urea groups is 1. The largest absolute Gasteiger partial charge is 0.493 e. The van der Waals surface area contributed by atoms with E-state index in [0.29, 0.717) is 16.2 Å². The third kappa shape index (κ3) is 3.38. The number of nitrogens with one attached hydrogen (secondary N) is 1. The summed E-state index contributed by atoms with van der Waals surface area (Å²) in [6.45, 7) is 1.13. The summed E-state index contributed by atoms with van der Waals surface area (Å²) in [6.07, 6.45) is 0.260. The zero-order valence-electron chi connectivity index (χ0n) is 15.6. The van der Waals surface area contributed by atoms with E-state index < -0.39 is 36.6 Å². The van der Waals surface area contributed by atoms with Crippen LogP contribution in [0.4, 0.5) is 4.79 Å². The van der Waals surface area contributed by atoms with Crippen molar-refractivity contribution in [2.45, 2.75) is 18.9 Å². The summed E-state index contributed by atoms with van der Waals surface area (Å²) in [5.74, 6) is -1.17. The lowest BCUT2D eigenvalue weighted by molar-refractivity contribution is -0.147. The third-order valence-electron chi connectivity index (χ3n) is 4.92. The van der Waals surface area contributed by atoms with E-state index in [-0.39, 0.29) is 18.8 Å². The molecule has 3 heterocycles. The molecule has 4 rings (SSSR count). The van der Waals surface area contributed by atoms with Gasteiger partial charge in [-0.05, 0) is 25.1 Å². The van der Waals surface area contributed by atoms with Gasteiger partial charge in [0, 0.05) is 16.9 Å². The lowest BCUT2D eigenvalue weighted by Gasteiger charge is -2.33. The van der Waals surface area contributed by atoms with Crippen molar-refractivity contribution < 1.29 is 28.7 Å². The average molecular weight is 414 g/mol. The quantitative estimate of drug-likeness (QED) is 0.456. The number of ether oxygens (including phenoxy) is 2. The molecule has 9 heteroatoms. The van der Waals surface area contributed by atoms with Crippen molar-refractivity contribution >= 4 is 35.0 Å². The Morgan fingerprint density at radius 2 is 2.03 bits per heavy atom. The number of amides is 3. The molecule has 0 unspecified atom stereocenters. The zero-order valence-corrected chi connectivity index (χ0v) is 16.4. The molecule has 1 aromatic heterocycles. The highest BCUT2D eigenvalue weighted by Gasteiger charge is 2.55. The van der Waals surface area contributed by atoms with E-state index in [0.717, 1.165) is 9.78 Å². The number of hydrogen-bond acceptors (Lipinski definition) is 7. The number of aryl methyl sites for hydroxylation is 1. The summed E-state index contributed by atoms with van der Waals surface area (Å²) in [5.41, 5.74) is -0.694. The molecule has 1 aromatic carbocycles. The third-order valence-corrected chi connectivity index (χ3v) is 5.97. The van der Waals surface area contributed by atoms with Crippen molar-refractivity contribution in [3.63, 3.8) is 0 Å². The van der Waals surface area contributed by atoms with Gasteiger partial charge in [-0.1, -0.05) is 18.2 Å². The molecule has 0 saturated carbocycles. The van der Waals surface area contributed by atoms with Crippen LogP contribution < -0.4 is 10.1 Å². The van der Waals surface area contributed by atoms with Crippen LogP contribution >= 0.6 is 11.3 Å². The number of benzene rings is 1. The number of carbonyl (C=O) groups excluding carboxylic acids is 4. The molecule has 0 bridgehead atoms. The lowest BCUT2D eigenvalue weighted by atomic mass is 9.84. The second-order valence-corrected chi connectivity index (χ2v) is 8.10. The van der Waals surface area contributed by atoms with Crippen molar-refractivity contribution in [3.05, 3.63) is 51.7 Å². The molecule has 1 saturated heterocycles. The van der Waals surface area contributed by atoms with E-state index in [1.807, 2.05) is 6.92 Å². The topological polar surface area (TPSA) is 102 Å². The van der Waals surface area contributed by atoms with Gasteiger partial charge < -0.3 is 14.8 Å². The molecule has 1 N–H and O–H groups in total. The predicted octanol–water partition coefficient (Wildman–Crippen LogP) is 2.01. The van der Waals surface area contributed by atoms with Crippen molar-refractivity contribution in [3.8, 4) is 5.75 Å². The Labute approximate surface area is 170 Å². The number of rotatable bonds is 5. The van der Waals surface area contributed by atoms with Crippen LogP contribution in [0.3, 0.4) is 0 Å². The first-order chi connectivity index (χ1) is 13.9. The summed E-state index contributed by atoms with van der Waals surface area (Å²) in [5, 5.41) is 2.71. The average Bonchev–Trinajstić information content (AvgIpc) is 3.24. The molecular formula is C20H18N2O6S. The van der Waals surface area contributed by atoms with E-state index >= 15 is 0 Å². The van der Waals surface area contributed by atoms with Crippen molar-refractivity contribution in [1.82, 2.24) is 10.2 Å². The molecule has 1 atom stereocenters. The Morgan fingerprint density at radius 1 is 1.24 bits per heavy atom. The van der Waals surface area contributed by atoms with Crippen LogP contribution in [0.2, 0.25) is 0 Å². The SMILES string of the molecule is Cc1ccc(C(=O)COC(=O)CN2C(=O)N[C@@]3(CCOc4ccccc43)C2=O)s1. The van der Waals surface area contributed by atoms with Gasteiger partial charge in [0.1, 0.15) is 12.3 Å². The maximum atomic E-state index is 13.1. The minimum Gasteiger partial charge on any atom is -0.493 e. The van der Waals surface area contributed by atoms with Crippen LogP contribution in [0.25, 0.3) is 0 Å². The lowest BCUT2D eigenvalue weighted by Crippen LogP contribution is -2.47. The van der Waals surface area contributed by atoms with Crippen LogP contribution in [0.1, 0.15) is 26.5 Å². The number of Topliss-reactive ketones (excluding diaryl/α,β-unsaturated/α-hetero) is 1. The number of ketones is 1. The Morgan fingerprint density at radius 3 is 2.79 bits per heavy atom. The Kier molecular flexibility index (Phi) is 4.83. The highest BCUT2D eigenvalue weighted by Crippen LogP contribution is 2.40. The number of imide groups is 1. The fourth-order valence-electron chi connectivity index (χ4n) is 3.49. The van der Waals surface area contributed by atoms with E-state index in [9.17, 15) is 19.2 Å². The first kappa shape index (κ1) is 19.1. The molecule has 150 valence electrons. The molecule has 2 aliphatic rings. The number of esters is 1. The van der Waals surface area contributed by atoms with Gasteiger partial charge in [-0.15, -0.1) is 11.3 Å². The maximum absolute atomic E-state index is 13.1. The van der Waals surface area contributed by atoms with Gasteiger partial charge in [0.15, 0.2) is 12.1 Å². The van der Waals surface area contributed by atoms with E-state index in [4.69, 9.17) is 9.47 Å². The summed E-state index contributed by atoms with van der Waals surface area (Å²) >= 11 is 1.31. The normalized spacial score (nSPS) is 20.2. The van der Waals surface area contributed by atoms with E-state index in [2.05, 4.69) is 5.32 Å². The summed E-state index contributed by atoms with van der Waals surface area (Å²) < 4.78 is 10.6. The minimum atomic E-state index is -1.25. The molecule has 1 spiro atoms. The van der Waals surface area contributed by atoms with E-state index in [1.165, 1.54) is 11.3 Å². The maximum Gasteiger partial charge on any atom is 0.326 e. The molecule has 0 radical (unpaired) electrons. The summed E-state index contributed by atoms with van der Waals surface area (Å²) in [7, 11) is 0. The highest BCUT2D eigenvalue weighted by molar-refractivity contribution is 7.14. The number of nitrogens with zero attached hydrogens (tertiary/aromatic N) is 1. The molecular weight excluding hydrogens is 396 g/mol. The second-order valence-electron chi connectivity index (χ2n) is 6.82. The first-order valence-corrected chi connectivity index (χ1v) is 9.84. The predicted molar refractivity (Wildman–Crippen MR) is 103 cm³/mol. The van der Waals surface area contributed by atoms with Crippen LogP contribution in [0, 0.1) is 6.92 Å². The summed E-state index contributed by atoms with van der Waals surface area (Å²) in [4.78, 5) is 52.0. The molecule has 8 nitrogen and oxygen atoms in total. The molecule has 29 heavy (non-hydrogen) atoms. The number of para-hydroxylation sites is 1. The van der Waals surface area contributed by atoms with Gasteiger partial charge in [0.25, 0.3) is 5.91 Å². The van der Waals surface area contributed by atoms with Gasteiger partial charge in [-0.25, -0.2) is 4.79 Å². The van der Waals surface area contributed by atoms with Gasteiger partial charge in [-0.2, -0.15) is 0 Å². The fraction of sp³-hybridized carbons (Fsp3) is 0.300. The van der Waals surface area contributed by atoms with Crippen molar-refractivity contribution in [2.24, 2.45) is 0 Å². The van der Waals surface area contributed by atoms with Gasteiger partial charge in [0.2, 0.25) is 5.78 Å². The molecule has 3 amide bonds. The molecule has 0 aliphatic carbocycles.